The molecule has 1 aromatic heterocycles. The molecular formula is C10H17N3O. The molecule has 78 valence electrons. The Hall–Kier alpha value is -0.900. The normalized spacial score (nSPS) is 20.8. The summed E-state index contributed by atoms with van der Waals surface area (Å²) in [7, 11) is 1.89. The van der Waals surface area contributed by atoms with Gasteiger partial charge in [-0.3, -0.25) is 0 Å². The Morgan fingerprint density at radius 3 is 2.50 bits per heavy atom. The van der Waals surface area contributed by atoms with Crippen molar-refractivity contribution in [3.8, 4) is 0 Å². The highest BCUT2D eigenvalue weighted by Gasteiger charge is 2.32. The second-order valence-electron chi connectivity index (χ2n) is 4.12. The summed E-state index contributed by atoms with van der Waals surface area (Å²) in [5.41, 5.74) is 0. The van der Waals surface area contributed by atoms with Crippen LogP contribution in [0, 0.1) is 5.92 Å². The number of hydrogen-bond acceptors (Lipinski definition) is 4. The summed E-state index contributed by atoms with van der Waals surface area (Å²) in [6, 6.07) is 0.141. The van der Waals surface area contributed by atoms with Crippen molar-refractivity contribution in [2.45, 2.75) is 38.6 Å². The summed E-state index contributed by atoms with van der Waals surface area (Å²) in [6.07, 6.45) is 2.61. The number of hydrogen-bond donors (Lipinski definition) is 1. The van der Waals surface area contributed by atoms with Gasteiger partial charge in [-0.15, -0.1) is 10.2 Å². The molecule has 1 heterocycles. The van der Waals surface area contributed by atoms with Crippen molar-refractivity contribution < 1.29 is 4.42 Å². The first-order chi connectivity index (χ1) is 6.72. The fourth-order valence-corrected chi connectivity index (χ4v) is 1.53. The highest BCUT2D eigenvalue weighted by Crippen LogP contribution is 2.41. The van der Waals surface area contributed by atoms with E-state index < -0.39 is 0 Å². The fourth-order valence-electron chi connectivity index (χ4n) is 1.53. The van der Waals surface area contributed by atoms with Gasteiger partial charge in [-0.05, 0) is 32.7 Å². The van der Waals surface area contributed by atoms with Crippen LogP contribution in [0.25, 0.3) is 0 Å². The molecule has 4 nitrogen and oxygen atoms in total. The molecule has 1 fully saturated rings. The maximum absolute atomic E-state index is 5.61. The van der Waals surface area contributed by atoms with Crippen LogP contribution in [-0.4, -0.2) is 17.2 Å². The summed E-state index contributed by atoms with van der Waals surface area (Å²) in [4.78, 5) is 0. The molecule has 2 atom stereocenters. The van der Waals surface area contributed by atoms with E-state index in [4.69, 9.17) is 4.42 Å². The van der Waals surface area contributed by atoms with Gasteiger partial charge in [0.2, 0.25) is 11.8 Å². The molecule has 1 aliphatic carbocycles. The van der Waals surface area contributed by atoms with Crippen molar-refractivity contribution in [1.82, 2.24) is 15.5 Å². The third-order valence-electron chi connectivity index (χ3n) is 2.98. The second kappa shape index (κ2) is 3.69. The van der Waals surface area contributed by atoms with Crippen molar-refractivity contribution in [2.75, 3.05) is 7.05 Å². The fraction of sp³-hybridized carbons (Fsp3) is 0.800. The van der Waals surface area contributed by atoms with Crippen LogP contribution in [-0.2, 0) is 0 Å². The molecule has 0 saturated heterocycles. The minimum Gasteiger partial charge on any atom is -0.423 e. The SMILES string of the molecule is CNC(C)c1nnc(C(C)C2CC2)o1. The zero-order valence-corrected chi connectivity index (χ0v) is 8.95. The summed E-state index contributed by atoms with van der Waals surface area (Å²) >= 11 is 0. The van der Waals surface area contributed by atoms with Crippen LogP contribution in [0.5, 0.6) is 0 Å². The van der Waals surface area contributed by atoms with Crippen molar-refractivity contribution in [2.24, 2.45) is 5.92 Å². The molecule has 1 N–H and O–H groups in total. The lowest BCUT2D eigenvalue weighted by Crippen LogP contribution is -2.12. The van der Waals surface area contributed by atoms with Crippen LogP contribution in [0.2, 0.25) is 0 Å². The summed E-state index contributed by atoms with van der Waals surface area (Å²) in [5, 5.41) is 11.2. The van der Waals surface area contributed by atoms with Crippen LogP contribution in [0.15, 0.2) is 4.42 Å². The molecule has 1 aromatic rings. The standard InChI is InChI=1S/C10H17N3O/c1-6(8-4-5-8)9-12-13-10(14-9)7(2)11-3/h6-8,11H,4-5H2,1-3H3. The van der Waals surface area contributed by atoms with Crippen LogP contribution in [0.3, 0.4) is 0 Å². The molecule has 0 radical (unpaired) electrons. The number of nitrogens with zero attached hydrogens (tertiary/aromatic N) is 2. The molecular weight excluding hydrogens is 178 g/mol. The predicted molar refractivity (Wildman–Crippen MR) is 52.9 cm³/mol. The first kappa shape index (κ1) is 9.65. The average molecular weight is 195 g/mol. The zero-order valence-electron chi connectivity index (χ0n) is 8.95. The van der Waals surface area contributed by atoms with Crippen molar-refractivity contribution in [1.29, 1.82) is 0 Å². The lowest BCUT2D eigenvalue weighted by molar-refractivity contribution is 0.378. The Balaban J connectivity index is 2.08. The lowest BCUT2D eigenvalue weighted by atomic mass is 10.1. The molecule has 0 aliphatic heterocycles. The van der Waals surface area contributed by atoms with E-state index in [1.165, 1.54) is 12.8 Å². The second-order valence-corrected chi connectivity index (χ2v) is 4.12. The molecule has 0 aromatic carbocycles. The predicted octanol–water partition coefficient (Wildman–Crippen LogP) is 1.86. The van der Waals surface area contributed by atoms with Gasteiger partial charge in [0, 0.05) is 5.92 Å². The van der Waals surface area contributed by atoms with E-state index in [-0.39, 0.29) is 6.04 Å². The van der Waals surface area contributed by atoms with Crippen LogP contribution in [0.1, 0.15) is 50.4 Å². The number of aromatic nitrogens is 2. The van der Waals surface area contributed by atoms with Crippen LogP contribution in [0.4, 0.5) is 0 Å². The lowest BCUT2D eigenvalue weighted by Gasteiger charge is -2.04. The van der Waals surface area contributed by atoms with E-state index in [0.717, 1.165) is 11.8 Å². The highest BCUT2D eigenvalue weighted by molar-refractivity contribution is 4.98. The molecule has 2 rings (SSSR count). The van der Waals surface area contributed by atoms with Crippen molar-refractivity contribution in [3.05, 3.63) is 11.8 Å². The first-order valence-electron chi connectivity index (χ1n) is 5.23. The Morgan fingerprint density at radius 2 is 1.93 bits per heavy atom. The maximum Gasteiger partial charge on any atom is 0.233 e. The molecule has 0 spiro atoms. The van der Waals surface area contributed by atoms with Gasteiger partial charge in [-0.25, -0.2) is 0 Å². The minimum absolute atomic E-state index is 0.141. The van der Waals surface area contributed by atoms with Crippen molar-refractivity contribution >= 4 is 0 Å². The molecule has 4 heteroatoms. The smallest absolute Gasteiger partial charge is 0.233 e. The molecule has 14 heavy (non-hydrogen) atoms. The highest BCUT2D eigenvalue weighted by atomic mass is 16.4. The van der Waals surface area contributed by atoms with Gasteiger partial charge < -0.3 is 9.73 Å². The van der Waals surface area contributed by atoms with Gasteiger partial charge in [-0.2, -0.15) is 0 Å². The molecule has 0 bridgehead atoms. The largest absolute Gasteiger partial charge is 0.423 e. The Kier molecular flexibility index (Phi) is 2.54. The Bertz CT molecular complexity index is 306. The van der Waals surface area contributed by atoms with Crippen LogP contribution >= 0.6 is 0 Å². The summed E-state index contributed by atoms with van der Waals surface area (Å²) in [6.45, 7) is 4.18. The third-order valence-corrected chi connectivity index (χ3v) is 2.98. The van der Waals surface area contributed by atoms with E-state index >= 15 is 0 Å². The molecule has 1 saturated carbocycles. The minimum atomic E-state index is 0.141. The zero-order chi connectivity index (χ0) is 10.1. The van der Waals surface area contributed by atoms with E-state index in [9.17, 15) is 0 Å². The Morgan fingerprint density at radius 1 is 1.29 bits per heavy atom. The molecule has 1 aliphatic rings. The number of rotatable bonds is 4. The summed E-state index contributed by atoms with van der Waals surface area (Å²) < 4.78 is 5.61. The average Bonchev–Trinajstić information content (AvgIpc) is 2.93. The van der Waals surface area contributed by atoms with Crippen LogP contribution < -0.4 is 5.32 Å². The topological polar surface area (TPSA) is 51.0 Å². The van der Waals surface area contributed by atoms with Gasteiger partial charge in [0.05, 0.1) is 6.04 Å². The van der Waals surface area contributed by atoms with E-state index in [1.54, 1.807) is 0 Å². The van der Waals surface area contributed by atoms with Gasteiger partial charge in [0.15, 0.2) is 0 Å². The number of nitrogens with one attached hydrogen (secondary N) is 1. The van der Waals surface area contributed by atoms with E-state index in [0.29, 0.717) is 11.8 Å². The van der Waals surface area contributed by atoms with E-state index in [2.05, 4.69) is 22.4 Å². The molecule has 0 amide bonds. The molecule has 2 unspecified atom stereocenters. The van der Waals surface area contributed by atoms with Gasteiger partial charge in [0.25, 0.3) is 0 Å². The van der Waals surface area contributed by atoms with E-state index in [1.807, 2.05) is 14.0 Å². The quantitative estimate of drug-likeness (QED) is 0.796. The van der Waals surface area contributed by atoms with Gasteiger partial charge in [0.1, 0.15) is 0 Å². The first-order valence-corrected chi connectivity index (χ1v) is 5.23. The van der Waals surface area contributed by atoms with Crippen molar-refractivity contribution in [3.63, 3.8) is 0 Å². The Labute approximate surface area is 84.1 Å². The monoisotopic (exact) mass is 195 g/mol. The third kappa shape index (κ3) is 1.80. The maximum atomic E-state index is 5.61. The van der Waals surface area contributed by atoms with Gasteiger partial charge >= 0.3 is 0 Å². The van der Waals surface area contributed by atoms with Gasteiger partial charge in [-0.1, -0.05) is 6.92 Å². The summed E-state index contributed by atoms with van der Waals surface area (Å²) in [5.74, 6) is 2.69.